The minimum Gasteiger partial charge on any atom is -0.341 e. The first-order valence-corrected chi connectivity index (χ1v) is 10.5. The third-order valence-electron chi connectivity index (χ3n) is 5.73. The van der Waals surface area contributed by atoms with Crippen LogP contribution < -0.4 is 10.2 Å². The minimum absolute atomic E-state index is 0.581. The average molecular weight is 375 g/mol. The molecule has 4 heteroatoms. The Kier molecular flexibility index (Phi) is 5.87. The number of hydrogen-bond acceptors (Lipinski definition) is 4. The average Bonchev–Trinajstić information content (AvgIpc) is 2.94. The zero-order valence-corrected chi connectivity index (χ0v) is 17.0. The molecule has 28 heavy (non-hydrogen) atoms. The molecule has 1 aliphatic heterocycles. The molecule has 4 nitrogen and oxygen atoms in total. The van der Waals surface area contributed by atoms with E-state index in [0.717, 1.165) is 55.0 Å². The monoisotopic (exact) mass is 374 g/mol. The van der Waals surface area contributed by atoms with Crippen LogP contribution in [0.3, 0.4) is 0 Å². The summed E-state index contributed by atoms with van der Waals surface area (Å²) in [4.78, 5) is 12.1. The van der Waals surface area contributed by atoms with Crippen LogP contribution in [0.2, 0.25) is 0 Å². The summed E-state index contributed by atoms with van der Waals surface area (Å²) in [6.07, 6.45) is 4.63. The van der Waals surface area contributed by atoms with Gasteiger partial charge in [-0.2, -0.15) is 0 Å². The van der Waals surface area contributed by atoms with Crippen LogP contribution in [0.15, 0.2) is 48.5 Å². The van der Waals surface area contributed by atoms with Crippen LogP contribution in [0, 0.1) is 13.8 Å². The lowest BCUT2D eigenvalue weighted by atomic mass is 10.1. The van der Waals surface area contributed by atoms with E-state index in [1.54, 1.807) is 0 Å². The molecular weight excluding hydrogens is 344 g/mol. The zero-order valence-electron chi connectivity index (χ0n) is 17.0. The Morgan fingerprint density at radius 3 is 2.71 bits per heavy atom. The topological polar surface area (TPSA) is 41.1 Å². The molecule has 1 N–H and O–H groups in total. The third kappa shape index (κ3) is 4.50. The Labute approximate surface area is 168 Å². The Hall–Kier alpha value is -2.46. The second-order valence-corrected chi connectivity index (χ2v) is 7.93. The highest BCUT2D eigenvalue weighted by Gasteiger charge is 2.19. The van der Waals surface area contributed by atoms with E-state index < -0.39 is 0 Å². The maximum atomic E-state index is 4.88. The second-order valence-electron chi connectivity index (χ2n) is 7.93. The van der Waals surface area contributed by atoms with Crippen molar-refractivity contribution in [2.45, 2.75) is 45.6 Å². The summed E-state index contributed by atoms with van der Waals surface area (Å²) in [5, 5.41) is 4.92. The third-order valence-corrected chi connectivity index (χ3v) is 5.73. The van der Waals surface area contributed by atoms with Crippen molar-refractivity contribution in [1.29, 1.82) is 0 Å². The summed E-state index contributed by atoms with van der Waals surface area (Å²) >= 11 is 0. The molecular formula is C24H30N4. The fraction of sp³-hybridized carbons (Fsp3) is 0.417. The Balaban J connectivity index is 1.38. The van der Waals surface area contributed by atoms with E-state index >= 15 is 0 Å². The second kappa shape index (κ2) is 8.70. The predicted molar refractivity (Wildman–Crippen MR) is 117 cm³/mol. The zero-order chi connectivity index (χ0) is 19.3. The van der Waals surface area contributed by atoms with E-state index in [0.29, 0.717) is 6.04 Å². The minimum atomic E-state index is 0.581. The Bertz CT molecular complexity index is 923. The Morgan fingerprint density at radius 1 is 1.00 bits per heavy atom. The van der Waals surface area contributed by atoms with Gasteiger partial charge in [0.15, 0.2) is 0 Å². The molecule has 0 amide bonds. The molecule has 0 spiro atoms. The van der Waals surface area contributed by atoms with Crippen molar-refractivity contribution in [3.8, 4) is 0 Å². The molecule has 146 valence electrons. The lowest BCUT2D eigenvalue weighted by molar-refractivity contribution is 0.474. The van der Waals surface area contributed by atoms with Crippen LogP contribution >= 0.6 is 0 Å². The molecule has 0 aliphatic carbocycles. The largest absolute Gasteiger partial charge is 0.341 e. The molecule has 1 aliphatic rings. The molecule has 0 radical (unpaired) electrons. The highest BCUT2D eigenvalue weighted by atomic mass is 15.3. The van der Waals surface area contributed by atoms with Gasteiger partial charge in [-0.25, -0.2) is 9.97 Å². The standard InChI is InChI=1S/C24H30N4/c1-18-10-11-22-19(2)26-24(27-23(22)17-18)28-15-6-9-21(13-16-28)25-14-12-20-7-4-3-5-8-20/h3-5,7-8,10-11,17,21,25H,6,9,12-16H2,1-2H3. The van der Waals surface area contributed by atoms with Gasteiger partial charge in [-0.3, -0.25) is 0 Å². The van der Waals surface area contributed by atoms with Crippen LogP contribution in [0.25, 0.3) is 10.9 Å². The fourth-order valence-electron chi connectivity index (χ4n) is 4.09. The van der Waals surface area contributed by atoms with Crippen molar-refractivity contribution >= 4 is 16.9 Å². The number of nitrogens with zero attached hydrogens (tertiary/aromatic N) is 3. The van der Waals surface area contributed by atoms with Crippen molar-refractivity contribution in [3.63, 3.8) is 0 Å². The van der Waals surface area contributed by atoms with E-state index in [2.05, 4.69) is 72.6 Å². The van der Waals surface area contributed by atoms with Crippen LogP contribution in [0.4, 0.5) is 5.95 Å². The predicted octanol–water partition coefficient (Wildman–Crippen LogP) is 4.44. The van der Waals surface area contributed by atoms with Gasteiger partial charge in [0.05, 0.1) is 11.2 Å². The summed E-state index contributed by atoms with van der Waals surface area (Å²) in [5.41, 5.74) is 4.78. The van der Waals surface area contributed by atoms with Crippen LogP contribution in [0.5, 0.6) is 0 Å². The van der Waals surface area contributed by atoms with E-state index in [1.165, 1.54) is 24.0 Å². The number of anilines is 1. The van der Waals surface area contributed by atoms with Crippen molar-refractivity contribution in [3.05, 3.63) is 65.4 Å². The van der Waals surface area contributed by atoms with Gasteiger partial charge < -0.3 is 10.2 Å². The molecule has 1 aromatic heterocycles. The molecule has 0 saturated carbocycles. The smallest absolute Gasteiger partial charge is 0.226 e. The maximum absolute atomic E-state index is 4.88. The lowest BCUT2D eigenvalue weighted by Gasteiger charge is -2.21. The fourth-order valence-corrected chi connectivity index (χ4v) is 4.09. The SMILES string of the molecule is Cc1ccc2c(C)nc(N3CCCC(NCCc4ccccc4)CC3)nc2c1. The van der Waals surface area contributed by atoms with Gasteiger partial charge in [-0.15, -0.1) is 0 Å². The van der Waals surface area contributed by atoms with Crippen LogP contribution in [-0.4, -0.2) is 35.6 Å². The van der Waals surface area contributed by atoms with Crippen LogP contribution in [-0.2, 0) is 6.42 Å². The molecule has 1 unspecified atom stereocenters. The van der Waals surface area contributed by atoms with E-state index in [9.17, 15) is 0 Å². The summed E-state index contributed by atoms with van der Waals surface area (Å²) in [6, 6.07) is 17.7. The molecule has 4 rings (SSSR count). The van der Waals surface area contributed by atoms with Crippen molar-refractivity contribution < 1.29 is 0 Å². The number of benzene rings is 2. The molecule has 2 heterocycles. The summed E-state index contributed by atoms with van der Waals surface area (Å²) in [7, 11) is 0. The quantitative estimate of drug-likeness (QED) is 0.717. The summed E-state index contributed by atoms with van der Waals surface area (Å²) in [5.74, 6) is 0.889. The molecule has 1 atom stereocenters. The summed E-state index contributed by atoms with van der Waals surface area (Å²) < 4.78 is 0. The normalized spacial score (nSPS) is 17.6. The highest BCUT2D eigenvalue weighted by molar-refractivity contribution is 5.82. The lowest BCUT2D eigenvalue weighted by Crippen LogP contribution is -2.32. The van der Waals surface area contributed by atoms with Crippen molar-refractivity contribution in [2.75, 3.05) is 24.5 Å². The van der Waals surface area contributed by atoms with Gasteiger partial charge in [0.2, 0.25) is 5.95 Å². The molecule has 2 aromatic carbocycles. The van der Waals surface area contributed by atoms with Gasteiger partial charge in [-0.1, -0.05) is 42.5 Å². The molecule has 1 fully saturated rings. The molecule has 3 aromatic rings. The van der Waals surface area contributed by atoms with Gasteiger partial charge in [0.25, 0.3) is 0 Å². The highest BCUT2D eigenvalue weighted by Crippen LogP contribution is 2.22. The van der Waals surface area contributed by atoms with E-state index in [1.807, 2.05) is 0 Å². The molecule has 1 saturated heterocycles. The van der Waals surface area contributed by atoms with E-state index in [-0.39, 0.29) is 0 Å². The number of fused-ring (bicyclic) bond motifs is 1. The first-order valence-electron chi connectivity index (χ1n) is 10.5. The van der Waals surface area contributed by atoms with Gasteiger partial charge in [0.1, 0.15) is 0 Å². The first-order chi connectivity index (χ1) is 13.7. The van der Waals surface area contributed by atoms with E-state index in [4.69, 9.17) is 9.97 Å². The van der Waals surface area contributed by atoms with Gasteiger partial charge in [0, 0.05) is 24.5 Å². The maximum Gasteiger partial charge on any atom is 0.226 e. The number of nitrogens with one attached hydrogen (secondary N) is 1. The van der Waals surface area contributed by atoms with Crippen molar-refractivity contribution in [2.24, 2.45) is 0 Å². The van der Waals surface area contributed by atoms with Crippen molar-refractivity contribution in [1.82, 2.24) is 15.3 Å². The van der Waals surface area contributed by atoms with Gasteiger partial charge in [-0.05, 0) is 63.3 Å². The first kappa shape index (κ1) is 18.9. The molecule has 0 bridgehead atoms. The number of hydrogen-bond donors (Lipinski definition) is 1. The van der Waals surface area contributed by atoms with Gasteiger partial charge >= 0.3 is 0 Å². The number of aromatic nitrogens is 2. The number of rotatable bonds is 5. The number of aryl methyl sites for hydroxylation is 2. The Morgan fingerprint density at radius 2 is 1.86 bits per heavy atom. The summed E-state index contributed by atoms with van der Waals surface area (Å²) in [6.45, 7) is 7.30. The van der Waals surface area contributed by atoms with Crippen LogP contribution in [0.1, 0.15) is 36.1 Å².